The Kier molecular flexibility index (Phi) is 13.1. The van der Waals surface area contributed by atoms with E-state index in [0.717, 1.165) is 19.3 Å². The number of carbonyl (C=O) groups is 2. The molecule has 0 heterocycles. The molecule has 1 atom stereocenters. The van der Waals surface area contributed by atoms with Crippen LogP contribution in [0.3, 0.4) is 0 Å². The number of esters is 2. The summed E-state index contributed by atoms with van der Waals surface area (Å²) in [7, 11) is -4.18. The molecular weight excluding hydrogens is 420 g/mol. The van der Waals surface area contributed by atoms with Crippen molar-refractivity contribution in [1.82, 2.24) is 0 Å². The van der Waals surface area contributed by atoms with E-state index in [1.807, 2.05) is 0 Å². The molecule has 31 heavy (non-hydrogen) atoms. The second-order valence-electron chi connectivity index (χ2n) is 7.76. The zero-order valence-electron chi connectivity index (χ0n) is 18.7. The molecule has 0 radical (unpaired) electrons. The molecule has 1 aromatic rings. The van der Waals surface area contributed by atoms with Gasteiger partial charge in [0.05, 0.1) is 29.6 Å². The van der Waals surface area contributed by atoms with E-state index in [-0.39, 0.29) is 24.2 Å². The second-order valence-corrected chi connectivity index (χ2v) is 9.59. The number of hydrogen-bond donors (Lipinski definition) is 1. The summed E-state index contributed by atoms with van der Waals surface area (Å²) in [5.41, 5.74) is 0.186. The van der Waals surface area contributed by atoms with E-state index in [1.54, 1.807) is 12.1 Å². The maximum atomic E-state index is 12.4. The van der Waals surface area contributed by atoms with Crippen LogP contribution in [0, 0.1) is 0 Å². The molecule has 0 aliphatic rings. The fourth-order valence-corrected chi connectivity index (χ4v) is 3.43. The van der Waals surface area contributed by atoms with Crippen molar-refractivity contribution in [3.8, 4) is 0 Å². The van der Waals surface area contributed by atoms with Crippen LogP contribution in [0.2, 0.25) is 0 Å². The number of carbonyl (C=O) groups excluding carboxylic acids is 2. The van der Waals surface area contributed by atoms with Gasteiger partial charge in [0.1, 0.15) is 0 Å². The largest absolute Gasteiger partial charge is 0.462 e. The van der Waals surface area contributed by atoms with E-state index in [1.165, 1.54) is 57.6 Å². The van der Waals surface area contributed by atoms with Crippen molar-refractivity contribution in [1.29, 1.82) is 0 Å². The molecule has 1 aromatic carbocycles. The molecule has 0 spiro atoms. The van der Waals surface area contributed by atoms with Crippen LogP contribution in [0.15, 0.2) is 24.3 Å². The molecule has 176 valence electrons. The van der Waals surface area contributed by atoms with Crippen molar-refractivity contribution in [3.05, 3.63) is 35.4 Å². The quantitative estimate of drug-likeness (QED) is 0.207. The third-order valence-electron chi connectivity index (χ3n) is 5.11. The minimum absolute atomic E-state index is 0.0458. The number of hydrogen-bond acceptors (Lipinski definition) is 6. The number of ether oxygens (including phenoxy) is 2. The highest BCUT2D eigenvalue weighted by molar-refractivity contribution is 7.86. The van der Waals surface area contributed by atoms with Gasteiger partial charge in [-0.15, -0.1) is 0 Å². The first kappa shape index (κ1) is 27.1. The van der Waals surface area contributed by atoms with Crippen LogP contribution in [0.5, 0.6) is 0 Å². The lowest BCUT2D eigenvalue weighted by molar-refractivity contribution is 0.0451. The van der Waals surface area contributed by atoms with E-state index in [0.29, 0.717) is 6.61 Å². The van der Waals surface area contributed by atoms with Crippen LogP contribution >= 0.6 is 0 Å². The molecule has 0 aliphatic carbocycles. The monoisotopic (exact) mass is 456 g/mol. The Balaban J connectivity index is 2.37. The Labute approximate surface area is 186 Å². The van der Waals surface area contributed by atoms with Crippen molar-refractivity contribution >= 4 is 22.1 Å². The average Bonchev–Trinajstić information content (AvgIpc) is 2.74. The fourth-order valence-electron chi connectivity index (χ4n) is 3.04. The molecule has 0 saturated carbocycles. The zero-order chi connectivity index (χ0) is 23.1. The number of rotatable bonds is 16. The Morgan fingerprint density at radius 3 is 1.77 bits per heavy atom. The molecule has 0 bridgehead atoms. The van der Waals surface area contributed by atoms with Crippen molar-refractivity contribution in [2.24, 2.45) is 0 Å². The molecule has 1 N–H and O–H groups in total. The lowest BCUT2D eigenvalue weighted by atomic mass is 10.1. The predicted molar refractivity (Wildman–Crippen MR) is 120 cm³/mol. The predicted octanol–water partition coefficient (Wildman–Crippen LogP) is 5.20. The van der Waals surface area contributed by atoms with Crippen molar-refractivity contribution in [2.75, 3.05) is 13.2 Å². The van der Waals surface area contributed by atoms with Gasteiger partial charge < -0.3 is 9.47 Å². The molecule has 0 aliphatic heterocycles. The Bertz CT molecular complexity index is 774. The summed E-state index contributed by atoms with van der Waals surface area (Å²) in [5, 5.41) is -1.04. The van der Waals surface area contributed by atoms with E-state index >= 15 is 0 Å². The Morgan fingerprint density at radius 2 is 1.29 bits per heavy atom. The van der Waals surface area contributed by atoms with Gasteiger partial charge in [0.2, 0.25) is 0 Å². The molecule has 0 amide bonds. The van der Waals surface area contributed by atoms with Crippen LogP contribution in [0.1, 0.15) is 98.8 Å². The molecular formula is C23H36O7S. The van der Waals surface area contributed by atoms with Gasteiger partial charge in [-0.3, -0.25) is 4.55 Å². The minimum atomic E-state index is -4.18. The highest BCUT2D eigenvalue weighted by Crippen LogP contribution is 2.14. The SMILES string of the molecule is CCCCCCCCCCCOC(=O)c1ccccc1C(=O)OCCC(C)S(=O)(=O)O. The summed E-state index contributed by atoms with van der Waals surface area (Å²) in [6, 6.07) is 6.20. The van der Waals surface area contributed by atoms with Gasteiger partial charge in [0.25, 0.3) is 10.1 Å². The number of unbranched alkanes of at least 4 members (excludes halogenated alkanes) is 8. The Morgan fingerprint density at radius 1 is 0.839 bits per heavy atom. The van der Waals surface area contributed by atoms with Crippen molar-refractivity contribution in [2.45, 2.75) is 83.3 Å². The summed E-state index contributed by atoms with van der Waals surface area (Å²) in [4.78, 5) is 24.7. The first-order chi connectivity index (χ1) is 14.8. The van der Waals surface area contributed by atoms with Crippen LogP contribution in [0.25, 0.3) is 0 Å². The summed E-state index contributed by atoms with van der Waals surface area (Å²) in [6.45, 7) is 3.63. The zero-order valence-corrected chi connectivity index (χ0v) is 19.5. The van der Waals surface area contributed by atoms with Gasteiger partial charge in [-0.05, 0) is 25.5 Å². The maximum absolute atomic E-state index is 12.4. The van der Waals surface area contributed by atoms with Gasteiger partial charge in [-0.1, -0.05) is 70.4 Å². The normalized spacial score (nSPS) is 12.4. The summed E-state index contributed by atoms with van der Waals surface area (Å²) in [6.07, 6.45) is 10.4. The lowest BCUT2D eigenvalue weighted by Crippen LogP contribution is -2.20. The fraction of sp³-hybridized carbons (Fsp3) is 0.652. The van der Waals surface area contributed by atoms with Gasteiger partial charge in [0, 0.05) is 6.42 Å². The molecule has 8 heteroatoms. The third-order valence-corrected chi connectivity index (χ3v) is 6.37. The van der Waals surface area contributed by atoms with Gasteiger partial charge in [-0.2, -0.15) is 8.42 Å². The average molecular weight is 457 g/mol. The van der Waals surface area contributed by atoms with Crippen LogP contribution < -0.4 is 0 Å². The highest BCUT2D eigenvalue weighted by Gasteiger charge is 2.21. The van der Waals surface area contributed by atoms with Crippen LogP contribution in [-0.4, -0.2) is 43.4 Å². The Hall–Kier alpha value is -1.93. The smallest absolute Gasteiger partial charge is 0.339 e. The topological polar surface area (TPSA) is 107 Å². The summed E-state index contributed by atoms with van der Waals surface area (Å²) < 4.78 is 41.3. The van der Waals surface area contributed by atoms with Crippen molar-refractivity contribution in [3.63, 3.8) is 0 Å². The first-order valence-electron chi connectivity index (χ1n) is 11.2. The van der Waals surface area contributed by atoms with Gasteiger partial charge in [0.15, 0.2) is 0 Å². The lowest BCUT2D eigenvalue weighted by Gasteiger charge is -2.11. The van der Waals surface area contributed by atoms with Crippen molar-refractivity contribution < 1.29 is 32.0 Å². The van der Waals surface area contributed by atoms with E-state index < -0.39 is 27.3 Å². The molecule has 1 rings (SSSR count). The van der Waals surface area contributed by atoms with Gasteiger partial charge in [-0.25, -0.2) is 9.59 Å². The van der Waals surface area contributed by atoms with E-state index in [4.69, 9.17) is 14.0 Å². The highest BCUT2D eigenvalue weighted by atomic mass is 32.2. The van der Waals surface area contributed by atoms with Crippen LogP contribution in [0.4, 0.5) is 0 Å². The molecule has 1 unspecified atom stereocenters. The standard InChI is InChI=1S/C23H36O7S/c1-3-4-5-6-7-8-9-10-13-17-29-22(24)20-14-11-12-15-21(20)23(25)30-18-16-19(2)31(26,27)28/h11-12,14-15,19H,3-10,13,16-18H2,1-2H3,(H,26,27,28). The molecule has 0 fully saturated rings. The van der Waals surface area contributed by atoms with Crippen LogP contribution in [-0.2, 0) is 19.6 Å². The van der Waals surface area contributed by atoms with Gasteiger partial charge >= 0.3 is 11.9 Å². The first-order valence-corrected chi connectivity index (χ1v) is 12.7. The second kappa shape index (κ2) is 15.0. The van der Waals surface area contributed by atoms with E-state index in [9.17, 15) is 18.0 Å². The number of benzene rings is 1. The third kappa shape index (κ3) is 11.3. The van der Waals surface area contributed by atoms with E-state index in [2.05, 4.69) is 6.92 Å². The molecule has 7 nitrogen and oxygen atoms in total. The maximum Gasteiger partial charge on any atom is 0.339 e. The molecule has 0 saturated heterocycles. The minimum Gasteiger partial charge on any atom is -0.462 e. The summed E-state index contributed by atoms with van der Waals surface area (Å²) in [5.74, 6) is -1.32. The summed E-state index contributed by atoms with van der Waals surface area (Å²) >= 11 is 0. The molecule has 0 aromatic heterocycles.